The monoisotopic (exact) mass is 581 g/mol. The molecule has 3 heterocycles. The Labute approximate surface area is 235 Å². The second-order valence-corrected chi connectivity index (χ2v) is 11.2. The molecule has 1 amide bonds. The van der Waals surface area contributed by atoms with Crippen LogP contribution in [0, 0.1) is 24.0 Å². The summed E-state index contributed by atoms with van der Waals surface area (Å²) in [4.78, 5) is 23.6. The fourth-order valence-corrected chi connectivity index (χ4v) is 5.81. The van der Waals surface area contributed by atoms with E-state index >= 15 is 0 Å². The summed E-state index contributed by atoms with van der Waals surface area (Å²) in [5.41, 5.74) is 1.51. The number of non-ortho nitro benzene ring substituents is 1. The van der Waals surface area contributed by atoms with E-state index in [0.29, 0.717) is 17.0 Å². The number of benzene rings is 2. The Morgan fingerprint density at radius 1 is 1.12 bits per heavy atom. The zero-order valence-electron chi connectivity index (χ0n) is 22.3. The number of nitrogens with zero attached hydrogens (tertiary/aromatic N) is 4. The lowest BCUT2D eigenvalue weighted by molar-refractivity contribution is -0.385. The molecule has 0 unspecified atom stereocenters. The molecule has 13 nitrogen and oxygen atoms in total. The van der Waals surface area contributed by atoms with Crippen LogP contribution in [0.1, 0.15) is 27.4 Å². The van der Waals surface area contributed by atoms with E-state index in [4.69, 9.17) is 13.9 Å². The number of aromatic nitrogens is 2. The van der Waals surface area contributed by atoms with Gasteiger partial charge in [-0.2, -0.15) is 14.1 Å². The van der Waals surface area contributed by atoms with Gasteiger partial charge in [-0.25, -0.2) is 8.42 Å². The molecule has 0 aliphatic carbocycles. The van der Waals surface area contributed by atoms with Gasteiger partial charge in [-0.15, -0.1) is 0 Å². The number of ether oxygens (including phenoxy) is 2. The highest BCUT2D eigenvalue weighted by molar-refractivity contribution is 7.89. The van der Waals surface area contributed by atoms with Gasteiger partial charge < -0.3 is 19.2 Å². The standard InChI is InChI=1S/C27H27N5O8S/c1-18-5-7-20(8-6-18)31-27(19(2)25(29-31)26(33)28-17-22-4-3-13-39-22)40-23-10-9-21(32(34)35)16-24(23)41(36,37)30-11-14-38-15-12-30/h3-10,13,16H,11-12,14-15,17H2,1-2H3,(H,28,33). The van der Waals surface area contributed by atoms with E-state index in [1.54, 1.807) is 31.2 Å². The molecule has 0 spiro atoms. The van der Waals surface area contributed by atoms with Crippen LogP contribution in [-0.4, -0.2) is 59.6 Å². The molecule has 2 aromatic heterocycles. The summed E-state index contributed by atoms with van der Waals surface area (Å²) in [6.45, 7) is 4.23. The quantitative estimate of drug-likeness (QED) is 0.229. The van der Waals surface area contributed by atoms with Crippen molar-refractivity contribution >= 4 is 21.6 Å². The van der Waals surface area contributed by atoms with Gasteiger partial charge in [0.2, 0.25) is 15.9 Å². The molecule has 214 valence electrons. The van der Waals surface area contributed by atoms with E-state index in [2.05, 4.69) is 10.4 Å². The van der Waals surface area contributed by atoms with Crippen LogP contribution in [0.15, 0.2) is 70.2 Å². The van der Waals surface area contributed by atoms with Crippen molar-refractivity contribution in [3.63, 3.8) is 0 Å². The third-order valence-corrected chi connectivity index (χ3v) is 8.42. The first-order valence-electron chi connectivity index (χ1n) is 12.7. The number of furan rings is 1. The molecule has 2 aromatic carbocycles. The van der Waals surface area contributed by atoms with Crippen LogP contribution in [-0.2, 0) is 21.3 Å². The maximum atomic E-state index is 13.6. The maximum absolute atomic E-state index is 13.6. The highest BCUT2D eigenvalue weighted by atomic mass is 32.2. The minimum Gasteiger partial charge on any atom is -0.467 e. The van der Waals surface area contributed by atoms with Crippen LogP contribution < -0.4 is 10.1 Å². The van der Waals surface area contributed by atoms with E-state index in [1.807, 2.05) is 19.1 Å². The first-order chi connectivity index (χ1) is 19.6. The Balaban J connectivity index is 1.58. The SMILES string of the molecule is Cc1ccc(-n2nc(C(=O)NCc3ccco3)c(C)c2Oc2ccc([N+](=O)[O-])cc2S(=O)(=O)N2CCOCC2)cc1. The normalized spacial score (nSPS) is 14.1. The molecule has 1 fully saturated rings. The third kappa shape index (κ3) is 5.84. The number of rotatable bonds is 9. The van der Waals surface area contributed by atoms with Crippen molar-refractivity contribution < 1.29 is 32.0 Å². The van der Waals surface area contributed by atoms with Gasteiger partial charge in [0, 0.05) is 30.8 Å². The zero-order valence-corrected chi connectivity index (χ0v) is 23.1. The summed E-state index contributed by atoms with van der Waals surface area (Å²) in [6.07, 6.45) is 1.50. The maximum Gasteiger partial charge on any atom is 0.272 e. The largest absolute Gasteiger partial charge is 0.467 e. The van der Waals surface area contributed by atoms with Gasteiger partial charge in [0.25, 0.3) is 11.6 Å². The van der Waals surface area contributed by atoms with Gasteiger partial charge in [0.15, 0.2) is 5.69 Å². The second kappa shape index (κ2) is 11.5. The second-order valence-electron chi connectivity index (χ2n) is 9.29. The van der Waals surface area contributed by atoms with Crippen molar-refractivity contribution in [3.8, 4) is 17.3 Å². The Hall–Kier alpha value is -4.53. The fourth-order valence-electron chi connectivity index (χ4n) is 4.27. The lowest BCUT2D eigenvalue weighted by Crippen LogP contribution is -2.40. The molecular weight excluding hydrogens is 554 g/mol. The van der Waals surface area contributed by atoms with E-state index in [0.717, 1.165) is 17.7 Å². The van der Waals surface area contributed by atoms with Crippen LogP contribution in [0.4, 0.5) is 5.69 Å². The van der Waals surface area contributed by atoms with Crippen molar-refractivity contribution in [1.29, 1.82) is 0 Å². The zero-order chi connectivity index (χ0) is 29.1. The topological polar surface area (TPSA) is 159 Å². The summed E-state index contributed by atoms with van der Waals surface area (Å²) in [5, 5.41) is 18.8. The molecule has 1 aliphatic rings. The van der Waals surface area contributed by atoms with Crippen LogP contribution >= 0.6 is 0 Å². The Morgan fingerprint density at radius 3 is 2.51 bits per heavy atom. The minimum atomic E-state index is -4.20. The van der Waals surface area contributed by atoms with Gasteiger partial charge in [-0.1, -0.05) is 17.7 Å². The number of aryl methyl sites for hydroxylation is 1. The summed E-state index contributed by atoms with van der Waals surface area (Å²) in [5.74, 6) is -0.0287. The highest BCUT2D eigenvalue weighted by Crippen LogP contribution is 2.37. The molecule has 41 heavy (non-hydrogen) atoms. The number of hydrogen-bond donors (Lipinski definition) is 1. The predicted molar refractivity (Wildman–Crippen MR) is 146 cm³/mol. The Kier molecular flexibility index (Phi) is 7.88. The number of nitro benzene ring substituents is 1. The first kappa shape index (κ1) is 28.0. The number of morpholine rings is 1. The minimum absolute atomic E-state index is 0.0478. The van der Waals surface area contributed by atoms with Gasteiger partial charge in [0.05, 0.1) is 36.6 Å². The van der Waals surface area contributed by atoms with Crippen molar-refractivity contribution in [1.82, 2.24) is 19.4 Å². The molecule has 0 atom stereocenters. The molecule has 4 aromatic rings. The van der Waals surface area contributed by atoms with Crippen molar-refractivity contribution in [2.24, 2.45) is 0 Å². The Morgan fingerprint density at radius 2 is 1.85 bits per heavy atom. The van der Waals surface area contributed by atoms with Gasteiger partial charge in [-0.3, -0.25) is 14.9 Å². The molecule has 1 aliphatic heterocycles. The number of sulfonamides is 1. The van der Waals surface area contributed by atoms with E-state index in [9.17, 15) is 23.3 Å². The number of nitrogens with one attached hydrogen (secondary N) is 1. The number of hydrogen-bond acceptors (Lipinski definition) is 9. The van der Waals surface area contributed by atoms with Crippen LogP contribution in [0.3, 0.4) is 0 Å². The molecule has 0 bridgehead atoms. The lowest BCUT2D eigenvalue weighted by Gasteiger charge is -2.26. The van der Waals surface area contributed by atoms with Crippen LogP contribution in [0.5, 0.6) is 11.6 Å². The van der Waals surface area contributed by atoms with Crippen LogP contribution in [0.2, 0.25) is 0 Å². The van der Waals surface area contributed by atoms with Crippen molar-refractivity contribution in [2.45, 2.75) is 25.3 Å². The summed E-state index contributed by atoms with van der Waals surface area (Å²) < 4.78 is 46.6. The molecule has 0 saturated carbocycles. The number of amides is 1. The molecular formula is C27H27N5O8S. The van der Waals surface area contributed by atoms with E-state index in [-0.39, 0.29) is 55.1 Å². The molecule has 0 radical (unpaired) electrons. The molecule has 1 saturated heterocycles. The molecule has 1 N–H and O–H groups in total. The summed E-state index contributed by atoms with van der Waals surface area (Å²) in [7, 11) is -4.20. The average Bonchev–Trinajstić information content (AvgIpc) is 3.61. The molecule has 5 rings (SSSR count). The lowest BCUT2D eigenvalue weighted by atomic mass is 10.2. The fraction of sp³-hybridized carbons (Fsp3) is 0.259. The van der Waals surface area contributed by atoms with Crippen molar-refractivity contribution in [3.05, 3.63) is 93.6 Å². The van der Waals surface area contributed by atoms with Crippen molar-refractivity contribution in [2.75, 3.05) is 26.3 Å². The number of carbonyl (C=O) groups is 1. The predicted octanol–water partition coefficient (Wildman–Crippen LogP) is 3.73. The average molecular weight is 582 g/mol. The summed E-state index contributed by atoms with van der Waals surface area (Å²) >= 11 is 0. The van der Waals surface area contributed by atoms with E-state index < -0.39 is 26.5 Å². The first-order valence-corrected chi connectivity index (χ1v) is 14.1. The van der Waals surface area contributed by atoms with E-state index in [1.165, 1.54) is 21.3 Å². The number of carbonyl (C=O) groups excluding carboxylic acids is 1. The third-order valence-electron chi connectivity index (χ3n) is 6.50. The summed E-state index contributed by atoms with van der Waals surface area (Å²) in [6, 6.07) is 14.1. The van der Waals surface area contributed by atoms with Gasteiger partial charge in [0.1, 0.15) is 16.4 Å². The molecule has 14 heteroatoms. The highest BCUT2D eigenvalue weighted by Gasteiger charge is 2.32. The number of nitro groups is 1. The van der Waals surface area contributed by atoms with Crippen LogP contribution in [0.25, 0.3) is 5.69 Å². The van der Waals surface area contributed by atoms with Gasteiger partial charge in [-0.05, 0) is 44.2 Å². The smallest absolute Gasteiger partial charge is 0.272 e. The Bertz CT molecular complexity index is 1680. The van der Waals surface area contributed by atoms with Gasteiger partial charge >= 0.3 is 0 Å².